The van der Waals surface area contributed by atoms with Crippen molar-refractivity contribution in [1.82, 2.24) is 10.0 Å². The Labute approximate surface area is 130 Å². The zero-order chi connectivity index (χ0) is 16.2. The van der Waals surface area contributed by atoms with Gasteiger partial charge in [0.25, 0.3) is 5.91 Å². The first-order valence-electron chi connectivity index (χ1n) is 7.43. The lowest BCUT2D eigenvalue weighted by atomic mass is 9.84. The fraction of sp³-hybridized carbons (Fsp3) is 0.643. The van der Waals surface area contributed by atoms with Gasteiger partial charge in [-0.05, 0) is 37.4 Å². The molecule has 4 N–H and O–H groups in total. The van der Waals surface area contributed by atoms with Crippen LogP contribution in [0.3, 0.4) is 0 Å². The molecule has 124 valence electrons. The van der Waals surface area contributed by atoms with Gasteiger partial charge in [0.1, 0.15) is 5.76 Å². The SMILES string of the molecule is CS(=O)(=O)NCc1ccc(C(=O)NC2CCCCC2CN)o1. The third kappa shape index (κ3) is 4.82. The molecule has 1 aliphatic carbocycles. The number of nitrogens with one attached hydrogen (secondary N) is 2. The Bertz CT molecular complexity index is 611. The minimum atomic E-state index is -3.29. The fourth-order valence-electron chi connectivity index (χ4n) is 2.72. The second-order valence-electron chi connectivity index (χ2n) is 5.72. The van der Waals surface area contributed by atoms with Gasteiger partial charge in [0.15, 0.2) is 5.76 Å². The minimum Gasteiger partial charge on any atom is -0.455 e. The lowest BCUT2D eigenvalue weighted by Gasteiger charge is -2.30. The van der Waals surface area contributed by atoms with E-state index in [4.69, 9.17) is 10.2 Å². The summed E-state index contributed by atoms with van der Waals surface area (Å²) in [6, 6.07) is 3.22. The van der Waals surface area contributed by atoms with Crippen LogP contribution in [-0.2, 0) is 16.6 Å². The van der Waals surface area contributed by atoms with Crippen molar-refractivity contribution in [3.8, 4) is 0 Å². The number of carbonyl (C=O) groups excluding carboxylic acids is 1. The Hall–Kier alpha value is -1.38. The van der Waals surface area contributed by atoms with Crippen LogP contribution in [-0.4, -0.2) is 33.2 Å². The minimum absolute atomic E-state index is 0.0287. The third-order valence-electron chi connectivity index (χ3n) is 3.92. The van der Waals surface area contributed by atoms with Crippen molar-refractivity contribution in [3.63, 3.8) is 0 Å². The summed E-state index contributed by atoms with van der Waals surface area (Å²) in [4.78, 5) is 12.2. The molecule has 1 heterocycles. The molecule has 1 aromatic rings. The fourth-order valence-corrected chi connectivity index (χ4v) is 3.12. The molecule has 2 atom stereocenters. The van der Waals surface area contributed by atoms with Gasteiger partial charge in [-0.3, -0.25) is 4.79 Å². The first kappa shape index (κ1) is 17.0. The van der Waals surface area contributed by atoms with Gasteiger partial charge in [-0.1, -0.05) is 12.8 Å². The quantitative estimate of drug-likeness (QED) is 0.706. The molecule has 22 heavy (non-hydrogen) atoms. The summed E-state index contributed by atoms with van der Waals surface area (Å²) < 4.78 is 29.8. The van der Waals surface area contributed by atoms with E-state index < -0.39 is 10.0 Å². The number of sulfonamides is 1. The highest BCUT2D eigenvalue weighted by Gasteiger charge is 2.26. The first-order chi connectivity index (χ1) is 10.4. The molecule has 1 aromatic heterocycles. The van der Waals surface area contributed by atoms with Crippen molar-refractivity contribution >= 4 is 15.9 Å². The normalized spacial score (nSPS) is 22.5. The van der Waals surface area contributed by atoms with Gasteiger partial charge in [-0.25, -0.2) is 13.1 Å². The monoisotopic (exact) mass is 329 g/mol. The van der Waals surface area contributed by atoms with Crippen LogP contribution in [0.5, 0.6) is 0 Å². The lowest BCUT2D eigenvalue weighted by molar-refractivity contribution is 0.0878. The molecular weight excluding hydrogens is 306 g/mol. The Kier molecular flexibility index (Phi) is 5.60. The number of hydrogen-bond donors (Lipinski definition) is 3. The molecule has 2 unspecified atom stereocenters. The van der Waals surface area contributed by atoms with E-state index in [1.807, 2.05) is 0 Å². The van der Waals surface area contributed by atoms with Crippen LogP contribution in [0.4, 0.5) is 0 Å². The average molecular weight is 329 g/mol. The van der Waals surface area contributed by atoms with Gasteiger partial charge in [0, 0.05) is 6.04 Å². The van der Waals surface area contributed by atoms with Crippen LogP contribution >= 0.6 is 0 Å². The summed E-state index contributed by atoms with van der Waals surface area (Å²) in [5.74, 6) is 0.608. The molecule has 1 fully saturated rings. The number of amides is 1. The van der Waals surface area contributed by atoms with E-state index in [2.05, 4.69) is 10.0 Å². The number of hydrogen-bond acceptors (Lipinski definition) is 5. The lowest BCUT2D eigenvalue weighted by Crippen LogP contribution is -2.44. The zero-order valence-electron chi connectivity index (χ0n) is 12.7. The molecule has 0 bridgehead atoms. The van der Waals surface area contributed by atoms with Gasteiger partial charge in [-0.2, -0.15) is 0 Å². The largest absolute Gasteiger partial charge is 0.455 e. The Morgan fingerprint density at radius 3 is 2.77 bits per heavy atom. The van der Waals surface area contributed by atoms with Gasteiger partial charge >= 0.3 is 0 Å². The van der Waals surface area contributed by atoms with Gasteiger partial charge < -0.3 is 15.5 Å². The molecule has 1 saturated carbocycles. The standard InChI is InChI=1S/C14H23N3O4S/c1-22(19,20)16-9-11-6-7-13(21-11)14(18)17-12-5-3-2-4-10(12)8-15/h6-7,10,12,16H,2-5,8-9,15H2,1H3,(H,17,18). The highest BCUT2D eigenvalue weighted by atomic mass is 32.2. The molecule has 2 rings (SSSR count). The van der Waals surface area contributed by atoms with Gasteiger partial charge in [0.2, 0.25) is 10.0 Å². The molecule has 7 nitrogen and oxygen atoms in total. The van der Waals surface area contributed by atoms with Gasteiger partial charge in [-0.15, -0.1) is 0 Å². The smallest absolute Gasteiger partial charge is 0.287 e. The van der Waals surface area contributed by atoms with Crippen LogP contribution in [0.1, 0.15) is 42.0 Å². The van der Waals surface area contributed by atoms with Crippen LogP contribution in [0.15, 0.2) is 16.5 Å². The topological polar surface area (TPSA) is 114 Å². The summed E-state index contributed by atoms with van der Waals surface area (Å²) in [5, 5.41) is 2.97. The maximum atomic E-state index is 12.2. The van der Waals surface area contributed by atoms with Crippen molar-refractivity contribution in [3.05, 3.63) is 23.7 Å². The summed E-state index contributed by atoms with van der Waals surface area (Å²) >= 11 is 0. The van der Waals surface area contributed by atoms with Crippen molar-refractivity contribution in [2.45, 2.75) is 38.3 Å². The second kappa shape index (κ2) is 7.26. The van der Waals surface area contributed by atoms with Crippen LogP contribution in [0.25, 0.3) is 0 Å². The van der Waals surface area contributed by atoms with E-state index in [-0.39, 0.29) is 24.3 Å². The summed E-state index contributed by atoms with van der Waals surface area (Å²) in [6.45, 7) is 0.591. The van der Waals surface area contributed by atoms with E-state index in [1.54, 1.807) is 12.1 Å². The summed E-state index contributed by atoms with van der Waals surface area (Å²) in [7, 11) is -3.29. The molecule has 0 aliphatic heterocycles. The molecular formula is C14H23N3O4S. The van der Waals surface area contributed by atoms with E-state index in [1.165, 1.54) is 0 Å². The predicted octanol–water partition coefficient (Wildman–Crippen LogP) is 0.576. The van der Waals surface area contributed by atoms with Crippen LogP contribution in [0.2, 0.25) is 0 Å². The van der Waals surface area contributed by atoms with Gasteiger partial charge in [0.05, 0.1) is 12.8 Å². The van der Waals surface area contributed by atoms with Crippen molar-refractivity contribution in [1.29, 1.82) is 0 Å². The molecule has 0 aromatic carbocycles. The molecule has 1 amide bonds. The molecule has 0 radical (unpaired) electrons. The maximum Gasteiger partial charge on any atom is 0.287 e. The molecule has 1 aliphatic rings. The van der Waals surface area contributed by atoms with Crippen LogP contribution < -0.4 is 15.8 Å². The first-order valence-corrected chi connectivity index (χ1v) is 9.32. The Morgan fingerprint density at radius 1 is 1.36 bits per heavy atom. The highest BCUT2D eigenvalue weighted by Crippen LogP contribution is 2.24. The third-order valence-corrected chi connectivity index (χ3v) is 4.59. The Morgan fingerprint density at radius 2 is 2.09 bits per heavy atom. The van der Waals surface area contributed by atoms with E-state index in [0.717, 1.165) is 31.9 Å². The van der Waals surface area contributed by atoms with Crippen LogP contribution in [0, 0.1) is 5.92 Å². The summed E-state index contributed by atoms with van der Waals surface area (Å²) in [6.07, 6.45) is 5.26. The van der Waals surface area contributed by atoms with E-state index in [0.29, 0.717) is 18.2 Å². The predicted molar refractivity (Wildman–Crippen MR) is 82.7 cm³/mol. The second-order valence-corrected chi connectivity index (χ2v) is 7.55. The van der Waals surface area contributed by atoms with Crippen molar-refractivity contribution in [2.75, 3.05) is 12.8 Å². The number of carbonyl (C=O) groups is 1. The number of furan rings is 1. The van der Waals surface area contributed by atoms with E-state index in [9.17, 15) is 13.2 Å². The molecule has 8 heteroatoms. The highest BCUT2D eigenvalue weighted by molar-refractivity contribution is 7.88. The Balaban J connectivity index is 1.93. The molecule has 0 spiro atoms. The average Bonchev–Trinajstić information content (AvgIpc) is 2.94. The molecule has 0 saturated heterocycles. The van der Waals surface area contributed by atoms with E-state index >= 15 is 0 Å². The number of rotatable bonds is 6. The van der Waals surface area contributed by atoms with Crippen molar-refractivity contribution < 1.29 is 17.6 Å². The zero-order valence-corrected chi connectivity index (χ0v) is 13.5. The van der Waals surface area contributed by atoms with Crippen molar-refractivity contribution in [2.24, 2.45) is 11.7 Å². The maximum absolute atomic E-state index is 12.2. The number of nitrogens with two attached hydrogens (primary N) is 1. The summed E-state index contributed by atoms with van der Waals surface area (Å²) in [5.41, 5.74) is 5.75.